The molecule has 0 aliphatic carbocycles. The SMILES string of the molecule is CC(C)C[C@@]12CO[C@H](C1OP(=O)(O)OC(C)C)[C@H](C)O2. The standard InChI is InChI=1S/C13H25O6P/c1-8(2)6-13-7-16-11(10(5)17-13)12(13)19-20(14,15)18-9(3)4/h8-12H,6-7H2,1-5H3,(H,14,15)/t10-,11-,12?,13+/m0/s1. The molecule has 6 nitrogen and oxygen atoms in total. The monoisotopic (exact) mass is 308 g/mol. The molecule has 20 heavy (non-hydrogen) atoms. The molecule has 1 N–H and O–H groups in total. The molecule has 2 fully saturated rings. The largest absolute Gasteiger partial charge is 0.472 e. The van der Waals surface area contributed by atoms with Gasteiger partial charge in [0.25, 0.3) is 0 Å². The maximum atomic E-state index is 12.0. The van der Waals surface area contributed by atoms with E-state index in [2.05, 4.69) is 13.8 Å². The molecule has 0 aromatic rings. The lowest BCUT2D eigenvalue weighted by Crippen LogP contribution is -2.42. The summed E-state index contributed by atoms with van der Waals surface area (Å²) >= 11 is 0. The van der Waals surface area contributed by atoms with Gasteiger partial charge in [0.05, 0.1) is 18.8 Å². The van der Waals surface area contributed by atoms with Gasteiger partial charge < -0.3 is 14.4 Å². The van der Waals surface area contributed by atoms with Crippen LogP contribution in [-0.2, 0) is 23.1 Å². The quantitative estimate of drug-likeness (QED) is 0.760. The molecule has 118 valence electrons. The second-order valence-corrected chi connectivity index (χ2v) is 7.77. The lowest BCUT2D eigenvalue weighted by atomic mass is 9.89. The van der Waals surface area contributed by atoms with E-state index in [-0.39, 0.29) is 18.3 Å². The molecule has 2 aliphatic heterocycles. The lowest BCUT2D eigenvalue weighted by molar-refractivity contribution is -0.145. The van der Waals surface area contributed by atoms with Gasteiger partial charge in [0, 0.05) is 0 Å². The highest BCUT2D eigenvalue weighted by Gasteiger charge is 2.62. The van der Waals surface area contributed by atoms with E-state index in [9.17, 15) is 9.46 Å². The van der Waals surface area contributed by atoms with E-state index >= 15 is 0 Å². The number of phosphoric acid groups is 1. The van der Waals surface area contributed by atoms with Crippen molar-refractivity contribution in [3.63, 3.8) is 0 Å². The second kappa shape index (κ2) is 5.67. The van der Waals surface area contributed by atoms with Gasteiger partial charge in [-0.3, -0.25) is 9.05 Å². The number of hydrogen-bond acceptors (Lipinski definition) is 5. The normalized spacial score (nSPS) is 39.7. The predicted molar refractivity (Wildman–Crippen MR) is 73.4 cm³/mol. The van der Waals surface area contributed by atoms with Gasteiger partial charge in [-0.1, -0.05) is 13.8 Å². The van der Waals surface area contributed by atoms with Crippen molar-refractivity contribution in [3.05, 3.63) is 0 Å². The summed E-state index contributed by atoms with van der Waals surface area (Å²) in [4.78, 5) is 9.84. The molecule has 2 heterocycles. The van der Waals surface area contributed by atoms with E-state index in [1.54, 1.807) is 13.8 Å². The third-order valence-electron chi connectivity index (χ3n) is 3.56. The van der Waals surface area contributed by atoms with E-state index in [4.69, 9.17) is 18.5 Å². The first-order valence-electron chi connectivity index (χ1n) is 7.14. The molecule has 5 atom stereocenters. The molecule has 7 heteroatoms. The number of phosphoric ester groups is 1. The Morgan fingerprint density at radius 2 is 2.05 bits per heavy atom. The summed E-state index contributed by atoms with van der Waals surface area (Å²) in [5, 5.41) is 0. The zero-order valence-electron chi connectivity index (χ0n) is 12.7. The van der Waals surface area contributed by atoms with Crippen LogP contribution in [0.3, 0.4) is 0 Å². The molecule has 2 bridgehead atoms. The molecule has 0 saturated carbocycles. The molecule has 0 amide bonds. The van der Waals surface area contributed by atoms with Gasteiger partial charge in [-0.05, 0) is 33.1 Å². The number of fused-ring (bicyclic) bond motifs is 2. The van der Waals surface area contributed by atoms with E-state index in [0.717, 1.165) is 6.42 Å². The fourth-order valence-corrected chi connectivity index (χ4v) is 4.31. The van der Waals surface area contributed by atoms with Crippen LogP contribution in [0.2, 0.25) is 0 Å². The van der Waals surface area contributed by atoms with Gasteiger partial charge in [0.1, 0.15) is 17.8 Å². The summed E-state index contributed by atoms with van der Waals surface area (Å²) in [6.07, 6.45) is -0.684. The van der Waals surface area contributed by atoms with Crippen LogP contribution in [0.15, 0.2) is 0 Å². The third kappa shape index (κ3) is 3.26. The van der Waals surface area contributed by atoms with Crippen LogP contribution in [0.1, 0.15) is 41.0 Å². The minimum Gasteiger partial charge on any atom is -0.370 e. The highest BCUT2D eigenvalue weighted by Crippen LogP contribution is 2.54. The van der Waals surface area contributed by atoms with Crippen molar-refractivity contribution in [2.45, 2.75) is 71.1 Å². The molecular formula is C13H25O6P. The Morgan fingerprint density at radius 3 is 2.55 bits per heavy atom. The van der Waals surface area contributed by atoms with Crippen molar-refractivity contribution in [2.75, 3.05) is 6.61 Å². The van der Waals surface area contributed by atoms with Gasteiger partial charge in [0.2, 0.25) is 0 Å². The zero-order chi connectivity index (χ0) is 15.1. The Bertz CT molecular complexity index is 398. The molecule has 2 aliphatic rings. The van der Waals surface area contributed by atoms with E-state index < -0.39 is 19.5 Å². The first-order chi connectivity index (χ1) is 9.15. The van der Waals surface area contributed by atoms with Gasteiger partial charge in [-0.15, -0.1) is 0 Å². The summed E-state index contributed by atoms with van der Waals surface area (Å²) in [6.45, 7) is 9.83. The number of rotatable bonds is 6. The predicted octanol–water partition coefficient (Wildman–Crippen LogP) is 2.50. The number of hydrogen-bond donors (Lipinski definition) is 1. The Kier molecular flexibility index (Phi) is 4.65. The molecule has 0 spiro atoms. The fraction of sp³-hybridized carbons (Fsp3) is 1.00. The van der Waals surface area contributed by atoms with Crippen molar-refractivity contribution >= 4 is 7.82 Å². The molecule has 2 unspecified atom stereocenters. The summed E-state index contributed by atoms with van der Waals surface area (Å²) in [5.41, 5.74) is -0.642. The van der Waals surface area contributed by atoms with Crippen LogP contribution in [0.5, 0.6) is 0 Å². The van der Waals surface area contributed by atoms with Crippen LogP contribution in [0, 0.1) is 5.92 Å². The van der Waals surface area contributed by atoms with Gasteiger partial charge in [0.15, 0.2) is 0 Å². The van der Waals surface area contributed by atoms with Crippen molar-refractivity contribution in [3.8, 4) is 0 Å². The minimum absolute atomic E-state index is 0.147. The van der Waals surface area contributed by atoms with Crippen molar-refractivity contribution < 1.29 is 28.0 Å². The van der Waals surface area contributed by atoms with Gasteiger partial charge >= 0.3 is 7.82 Å². The summed E-state index contributed by atoms with van der Waals surface area (Å²) in [7, 11) is -4.11. The molecule has 0 radical (unpaired) electrons. The molecule has 0 aromatic heterocycles. The van der Waals surface area contributed by atoms with Crippen LogP contribution >= 0.6 is 7.82 Å². The van der Waals surface area contributed by atoms with E-state index in [1.165, 1.54) is 0 Å². The van der Waals surface area contributed by atoms with Gasteiger partial charge in [-0.2, -0.15) is 0 Å². The minimum atomic E-state index is -4.11. The van der Waals surface area contributed by atoms with Gasteiger partial charge in [-0.25, -0.2) is 4.57 Å². The Labute approximate surface area is 120 Å². The highest BCUT2D eigenvalue weighted by atomic mass is 31.2. The fourth-order valence-electron chi connectivity index (χ4n) is 3.13. The lowest BCUT2D eigenvalue weighted by Gasteiger charge is -2.32. The molecule has 0 aromatic carbocycles. The molecule has 2 saturated heterocycles. The average molecular weight is 308 g/mol. The zero-order valence-corrected chi connectivity index (χ0v) is 13.6. The first-order valence-corrected chi connectivity index (χ1v) is 8.64. The summed E-state index contributed by atoms with van der Waals surface area (Å²) in [6, 6.07) is 0. The van der Waals surface area contributed by atoms with E-state index in [0.29, 0.717) is 12.5 Å². The maximum Gasteiger partial charge on any atom is 0.472 e. The Hall–Kier alpha value is 0.0300. The van der Waals surface area contributed by atoms with Crippen molar-refractivity contribution in [1.82, 2.24) is 0 Å². The van der Waals surface area contributed by atoms with Crippen LogP contribution in [0.25, 0.3) is 0 Å². The maximum absolute atomic E-state index is 12.0. The average Bonchev–Trinajstić information content (AvgIpc) is 2.64. The smallest absolute Gasteiger partial charge is 0.370 e. The second-order valence-electron chi connectivity index (χ2n) is 6.41. The molecule has 2 rings (SSSR count). The van der Waals surface area contributed by atoms with Crippen LogP contribution < -0.4 is 0 Å². The van der Waals surface area contributed by atoms with E-state index in [1.807, 2.05) is 6.92 Å². The summed E-state index contributed by atoms with van der Waals surface area (Å²) in [5.74, 6) is 0.373. The highest BCUT2D eigenvalue weighted by molar-refractivity contribution is 7.47. The topological polar surface area (TPSA) is 74.2 Å². The Balaban J connectivity index is 2.15. The summed E-state index contributed by atoms with van der Waals surface area (Å²) < 4.78 is 34.1. The number of ether oxygens (including phenoxy) is 2. The Morgan fingerprint density at radius 1 is 1.40 bits per heavy atom. The van der Waals surface area contributed by atoms with Crippen LogP contribution in [0.4, 0.5) is 0 Å². The van der Waals surface area contributed by atoms with Crippen molar-refractivity contribution in [1.29, 1.82) is 0 Å². The van der Waals surface area contributed by atoms with Crippen LogP contribution in [-0.4, -0.2) is 41.5 Å². The van der Waals surface area contributed by atoms with Crippen molar-refractivity contribution in [2.24, 2.45) is 5.92 Å². The third-order valence-corrected chi connectivity index (χ3v) is 4.75. The molecular weight excluding hydrogens is 283 g/mol. The first kappa shape index (κ1) is 16.4.